The van der Waals surface area contributed by atoms with Crippen molar-refractivity contribution in [2.24, 2.45) is 5.92 Å². The summed E-state index contributed by atoms with van der Waals surface area (Å²) in [7, 11) is 0. The Morgan fingerprint density at radius 1 is 1.44 bits per heavy atom. The highest BCUT2D eigenvalue weighted by Gasteiger charge is 2.33. The van der Waals surface area contributed by atoms with Crippen LogP contribution < -0.4 is 5.32 Å². The average Bonchev–Trinajstić information content (AvgIpc) is 2.87. The van der Waals surface area contributed by atoms with Crippen molar-refractivity contribution >= 4 is 16.3 Å². The Morgan fingerprint density at radius 3 is 2.78 bits per heavy atom. The first-order valence-corrected chi connectivity index (χ1v) is 7.23. The number of hydrogen-bond acceptors (Lipinski definition) is 5. The molecule has 3 aliphatic rings. The van der Waals surface area contributed by atoms with E-state index in [1.54, 1.807) is 6.07 Å². The van der Waals surface area contributed by atoms with E-state index in [4.69, 9.17) is 0 Å². The predicted octanol–water partition coefficient (Wildman–Crippen LogP) is 1.84. The molecule has 4 rings (SSSR count). The van der Waals surface area contributed by atoms with Gasteiger partial charge in [0.2, 0.25) is 0 Å². The van der Waals surface area contributed by atoms with Crippen LogP contribution in [-0.2, 0) is 6.54 Å². The summed E-state index contributed by atoms with van der Waals surface area (Å²) in [4.78, 5) is 13.9. The topological polar surface area (TPSA) is 58.4 Å². The van der Waals surface area contributed by atoms with Crippen LogP contribution in [0.4, 0.5) is 5.00 Å². The first-order chi connectivity index (χ1) is 8.72. The maximum Gasteiger partial charge on any atom is 0.324 e. The number of hydrogen-bond donors (Lipinski definition) is 1. The third-order valence-corrected chi connectivity index (χ3v) is 5.06. The van der Waals surface area contributed by atoms with E-state index in [-0.39, 0.29) is 9.92 Å². The molecule has 3 aliphatic heterocycles. The molecule has 4 heterocycles. The third kappa shape index (κ3) is 2.41. The molecule has 1 aromatic rings. The minimum atomic E-state index is -0.317. The molecule has 0 aliphatic carbocycles. The second-order valence-electron chi connectivity index (χ2n) is 5.12. The van der Waals surface area contributed by atoms with Gasteiger partial charge in [0.25, 0.3) is 0 Å². The monoisotopic (exact) mass is 267 g/mol. The lowest BCUT2D eigenvalue weighted by Crippen LogP contribution is -2.55. The van der Waals surface area contributed by atoms with Crippen LogP contribution in [0.25, 0.3) is 0 Å². The summed E-state index contributed by atoms with van der Waals surface area (Å²) in [5.41, 5.74) is 0. The number of nitrogens with zero attached hydrogens (tertiary/aromatic N) is 2. The van der Waals surface area contributed by atoms with Gasteiger partial charge in [0.15, 0.2) is 0 Å². The zero-order valence-corrected chi connectivity index (χ0v) is 11.0. The second kappa shape index (κ2) is 4.95. The van der Waals surface area contributed by atoms with Gasteiger partial charge in [-0.05, 0) is 37.9 Å². The lowest BCUT2D eigenvalue weighted by atomic mass is 9.84. The van der Waals surface area contributed by atoms with Gasteiger partial charge in [-0.25, -0.2) is 0 Å². The Labute approximate surface area is 110 Å². The van der Waals surface area contributed by atoms with E-state index in [0.29, 0.717) is 6.04 Å². The highest BCUT2D eigenvalue weighted by Crippen LogP contribution is 2.28. The maximum atomic E-state index is 10.6. The van der Waals surface area contributed by atoms with Crippen LogP contribution in [0, 0.1) is 16.0 Å². The van der Waals surface area contributed by atoms with Gasteiger partial charge in [0.05, 0.1) is 4.92 Å². The van der Waals surface area contributed by atoms with E-state index >= 15 is 0 Å². The van der Waals surface area contributed by atoms with Crippen LogP contribution in [0.15, 0.2) is 12.1 Å². The van der Waals surface area contributed by atoms with Crippen LogP contribution >= 0.6 is 11.3 Å². The van der Waals surface area contributed by atoms with Crippen LogP contribution in [0.2, 0.25) is 0 Å². The van der Waals surface area contributed by atoms with Crippen molar-refractivity contribution in [1.29, 1.82) is 0 Å². The summed E-state index contributed by atoms with van der Waals surface area (Å²) < 4.78 is 0. The summed E-state index contributed by atoms with van der Waals surface area (Å²) in [6.45, 7) is 4.38. The normalized spacial score (nSPS) is 30.6. The molecule has 18 heavy (non-hydrogen) atoms. The zero-order chi connectivity index (χ0) is 12.5. The van der Waals surface area contributed by atoms with Gasteiger partial charge in [-0.1, -0.05) is 11.3 Å². The number of rotatable bonds is 4. The smallest absolute Gasteiger partial charge is 0.308 e. The first kappa shape index (κ1) is 12.1. The van der Waals surface area contributed by atoms with Crippen molar-refractivity contribution in [3.05, 3.63) is 27.1 Å². The average molecular weight is 267 g/mol. The molecule has 3 fully saturated rings. The molecule has 1 aromatic heterocycles. The highest BCUT2D eigenvalue weighted by molar-refractivity contribution is 7.15. The molecular formula is C12H17N3O2S. The quantitative estimate of drug-likeness (QED) is 0.668. The molecular weight excluding hydrogens is 250 g/mol. The number of thiophene rings is 1. The Bertz CT molecular complexity index is 440. The molecule has 5 nitrogen and oxygen atoms in total. The van der Waals surface area contributed by atoms with E-state index in [2.05, 4.69) is 10.2 Å². The SMILES string of the molecule is O=[N+]([O-])c1ccc(CNC2CN3CCC2CC3)s1. The number of nitrogens with one attached hydrogen (secondary N) is 1. The van der Waals surface area contributed by atoms with Crippen LogP contribution in [0.5, 0.6) is 0 Å². The lowest BCUT2D eigenvalue weighted by Gasteiger charge is -2.45. The molecule has 1 atom stereocenters. The van der Waals surface area contributed by atoms with Gasteiger partial charge in [0.1, 0.15) is 0 Å². The number of fused-ring (bicyclic) bond motifs is 3. The van der Waals surface area contributed by atoms with E-state index in [9.17, 15) is 10.1 Å². The van der Waals surface area contributed by atoms with E-state index in [0.717, 1.165) is 23.9 Å². The van der Waals surface area contributed by atoms with Crippen molar-refractivity contribution in [2.45, 2.75) is 25.4 Å². The molecule has 98 valence electrons. The Balaban J connectivity index is 1.56. The molecule has 3 saturated heterocycles. The standard InChI is InChI=1S/C12H17N3O2S/c16-15(17)12-2-1-10(18-12)7-13-11-8-14-5-3-9(11)4-6-14/h1-2,9,11,13H,3-8H2. The van der Waals surface area contributed by atoms with Gasteiger partial charge in [-0.15, -0.1) is 0 Å². The van der Waals surface area contributed by atoms with E-state index in [1.165, 1.54) is 37.3 Å². The van der Waals surface area contributed by atoms with Crippen molar-refractivity contribution in [3.63, 3.8) is 0 Å². The van der Waals surface area contributed by atoms with Gasteiger partial charge >= 0.3 is 5.00 Å². The van der Waals surface area contributed by atoms with Gasteiger partial charge in [-0.3, -0.25) is 10.1 Å². The summed E-state index contributed by atoms with van der Waals surface area (Å²) in [5.74, 6) is 0.796. The second-order valence-corrected chi connectivity index (χ2v) is 6.27. The Morgan fingerprint density at radius 2 is 2.22 bits per heavy atom. The first-order valence-electron chi connectivity index (χ1n) is 6.41. The molecule has 0 spiro atoms. The molecule has 0 radical (unpaired) electrons. The molecule has 1 unspecified atom stereocenters. The lowest BCUT2D eigenvalue weighted by molar-refractivity contribution is -0.380. The van der Waals surface area contributed by atoms with E-state index < -0.39 is 0 Å². The van der Waals surface area contributed by atoms with Gasteiger partial charge in [0, 0.05) is 30.1 Å². The molecule has 2 bridgehead atoms. The van der Waals surface area contributed by atoms with Crippen LogP contribution in [0.3, 0.4) is 0 Å². The minimum Gasteiger partial charge on any atom is -0.308 e. The fraction of sp³-hybridized carbons (Fsp3) is 0.667. The van der Waals surface area contributed by atoms with Crippen molar-refractivity contribution in [1.82, 2.24) is 10.2 Å². The fourth-order valence-corrected chi connectivity index (χ4v) is 3.76. The third-order valence-electron chi connectivity index (χ3n) is 4.02. The Kier molecular flexibility index (Phi) is 3.32. The Hall–Kier alpha value is -0.980. The maximum absolute atomic E-state index is 10.6. The summed E-state index contributed by atoms with van der Waals surface area (Å²) in [6, 6.07) is 4.02. The summed E-state index contributed by atoms with van der Waals surface area (Å²) in [5, 5.41) is 14.4. The van der Waals surface area contributed by atoms with Gasteiger partial charge < -0.3 is 10.2 Å². The van der Waals surface area contributed by atoms with Crippen LogP contribution in [0.1, 0.15) is 17.7 Å². The largest absolute Gasteiger partial charge is 0.324 e. The molecule has 1 N–H and O–H groups in total. The summed E-state index contributed by atoms with van der Waals surface area (Å²) in [6.07, 6.45) is 2.59. The molecule has 0 aromatic carbocycles. The van der Waals surface area contributed by atoms with Crippen molar-refractivity contribution in [3.8, 4) is 0 Å². The summed E-state index contributed by atoms with van der Waals surface area (Å²) >= 11 is 1.27. The highest BCUT2D eigenvalue weighted by atomic mass is 32.1. The van der Waals surface area contributed by atoms with Gasteiger partial charge in [-0.2, -0.15) is 0 Å². The predicted molar refractivity (Wildman–Crippen MR) is 70.8 cm³/mol. The number of piperidine rings is 3. The zero-order valence-electron chi connectivity index (χ0n) is 10.2. The fourth-order valence-electron chi connectivity index (χ4n) is 2.99. The van der Waals surface area contributed by atoms with Crippen molar-refractivity contribution < 1.29 is 4.92 Å². The van der Waals surface area contributed by atoms with E-state index in [1.807, 2.05) is 6.07 Å². The van der Waals surface area contributed by atoms with Crippen molar-refractivity contribution in [2.75, 3.05) is 19.6 Å². The van der Waals surface area contributed by atoms with Crippen LogP contribution in [-0.4, -0.2) is 35.5 Å². The minimum absolute atomic E-state index is 0.237. The number of nitro groups is 1. The molecule has 6 heteroatoms. The molecule has 0 saturated carbocycles. The molecule has 0 amide bonds.